The Morgan fingerprint density at radius 3 is 2.29 bits per heavy atom. The quantitative estimate of drug-likeness (QED) is 0.653. The predicted molar refractivity (Wildman–Crippen MR) is 53.8 cm³/mol. The molecule has 1 saturated heterocycles. The molecule has 5 heteroatoms. The van der Waals surface area contributed by atoms with E-state index in [1.165, 1.54) is 7.11 Å². The number of urea groups is 1. The number of amides is 2. The molecular weight excluding hydrogens is 182 g/mol. The summed E-state index contributed by atoms with van der Waals surface area (Å²) in [5.41, 5.74) is 2.33. The minimum absolute atomic E-state index is 0.143. The van der Waals surface area contributed by atoms with Gasteiger partial charge in [-0.1, -0.05) is 0 Å². The van der Waals surface area contributed by atoms with Crippen molar-refractivity contribution in [1.82, 2.24) is 15.3 Å². The molecule has 0 saturated carbocycles. The van der Waals surface area contributed by atoms with Gasteiger partial charge < -0.3 is 4.90 Å². The third kappa shape index (κ3) is 2.85. The van der Waals surface area contributed by atoms with Gasteiger partial charge >= 0.3 is 6.03 Å². The number of rotatable bonds is 2. The molecule has 2 amide bonds. The van der Waals surface area contributed by atoms with Gasteiger partial charge in [0, 0.05) is 32.2 Å². The Bertz CT molecular complexity index is 188. The van der Waals surface area contributed by atoms with Crippen molar-refractivity contribution in [3.05, 3.63) is 0 Å². The molecule has 0 spiro atoms. The van der Waals surface area contributed by atoms with Gasteiger partial charge in [0.2, 0.25) is 0 Å². The molecular formula is C9H19N3O2. The van der Waals surface area contributed by atoms with Crippen molar-refractivity contribution in [2.75, 3.05) is 33.3 Å². The van der Waals surface area contributed by atoms with Gasteiger partial charge in [0.05, 0.1) is 7.11 Å². The van der Waals surface area contributed by atoms with E-state index in [4.69, 9.17) is 0 Å². The van der Waals surface area contributed by atoms with E-state index in [0.29, 0.717) is 6.04 Å². The largest absolute Gasteiger partial charge is 0.341 e. The van der Waals surface area contributed by atoms with E-state index < -0.39 is 0 Å². The highest BCUT2D eigenvalue weighted by Crippen LogP contribution is 2.05. The monoisotopic (exact) mass is 201 g/mol. The van der Waals surface area contributed by atoms with Crippen molar-refractivity contribution in [3.8, 4) is 0 Å². The Morgan fingerprint density at radius 1 is 1.29 bits per heavy atom. The molecule has 0 aliphatic carbocycles. The van der Waals surface area contributed by atoms with E-state index >= 15 is 0 Å². The fourth-order valence-corrected chi connectivity index (χ4v) is 1.59. The molecule has 5 nitrogen and oxygen atoms in total. The van der Waals surface area contributed by atoms with Gasteiger partial charge in [-0.05, 0) is 13.8 Å². The van der Waals surface area contributed by atoms with Crippen LogP contribution in [0.5, 0.6) is 0 Å². The molecule has 1 fully saturated rings. The zero-order valence-electron chi connectivity index (χ0n) is 9.12. The Hall–Kier alpha value is -0.810. The van der Waals surface area contributed by atoms with E-state index in [2.05, 4.69) is 29.1 Å². The van der Waals surface area contributed by atoms with Crippen molar-refractivity contribution in [2.24, 2.45) is 0 Å². The summed E-state index contributed by atoms with van der Waals surface area (Å²) in [7, 11) is 1.45. The highest BCUT2D eigenvalue weighted by Gasteiger charge is 2.21. The van der Waals surface area contributed by atoms with Crippen LogP contribution in [0.3, 0.4) is 0 Å². The molecule has 82 valence electrons. The molecule has 1 rings (SSSR count). The summed E-state index contributed by atoms with van der Waals surface area (Å²) >= 11 is 0. The highest BCUT2D eigenvalue weighted by atomic mass is 16.6. The summed E-state index contributed by atoms with van der Waals surface area (Å²) in [6, 6.07) is 0.415. The maximum absolute atomic E-state index is 11.3. The minimum atomic E-state index is -0.143. The van der Waals surface area contributed by atoms with Crippen LogP contribution in [-0.4, -0.2) is 55.2 Å². The van der Waals surface area contributed by atoms with Crippen LogP contribution in [0.1, 0.15) is 13.8 Å². The number of nitrogens with zero attached hydrogens (tertiary/aromatic N) is 2. The molecule has 14 heavy (non-hydrogen) atoms. The lowest BCUT2D eigenvalue weighted by Gasteiger charge is -2.36. The lowest BCUT2D eigenvalue weighted by Crippen LogP contribution is -2.53. The number of carbonyl (C=O) groups is 1. The molecule has 0 atom stereocenters. The maximum Gasteiger partial charge on any atom is 0.341 e. The van der Waals surface area contributed by atoms with E-state index in [9.17, 15) is 4.79 Å². The number of hydrogen-bond acceptors (Lipinski definition) is 3. The zero-order valence-corrected chi connectivity index (χ0v) is 9.12. The summed E-state index contributed by atoms with van der Waals surface area (Å²) in [5, 5.41) is 0. The smallest absolute Gasteiger partial charge is 0.320 e. The molecule has 1 aliphatic heterocycles. The SMILES string of the molecule is CONC(=O)N1CCN(C(C)C)CC1. The van der Waals surface area contributed by atoms with Crippen molar-refractivity contribution >= 4 is 6.03 Å². The summed E-state index contributed by atoms with van der Waals surface area (Å²) < 4.78 is 0. The normalized spacial score (nSPS) is 18.7. The highest BCUT2D eigenvalue weighted by molar-refractivity contribution is 5.73. The van der Waals surface area contributed by atoms with Crippen LogP contribution in [0.2, 0.25) is 0 Å². The van der Waals surface area contributed by atoms with E-state index in [-0.39, 0.29) is 6.03 Å². The van der Waals surface area contributed by atoms with Crippen LogP contribution in [-0.2, 0) is 4.84 Å². The molecule has 0 aromatic rings. The number of nitrogens with one attached hydrogen (secondary N) is 1. The summed E-state index contributed by atoms with van der Waals surface area (Å²) in [5.74, 6) is 0. The summed E-state index contributed by atoms with van der Waals surface area (Å²) in [6.07, 6.45) is 0. The van der Waals surface area contributed by atoms with Crippen LogP contribution in [0.15, 0.2) is 0 Å². The zero-order chi connectivity index (χ0) is 10.6. The fraction of sp³-hybridized carbons (Fsp3) is 0.889. The van der Waals surface area contributed by atoms with Crippen LogP contribution in [0.4, 0.5) is 4.79 Å². The molecule has 1 heterocycles. The topological polar surface area (TPSA) is 44.8 Å². The Morgan fingerprint density at radius 2 is 1.86 bits per heavy atom. The Kier molecular flexibility index (Phi) is 4.16. The van der Waals surface area contributed by atoms with Crippen molar-refractivity contribution in [1.29, 1.82) is 0 Å². The molecule has 0 unspecified atom stereocenters. The summed E-state index contributed by atoms with van der Waals surface area (Å²) in [4.78, 5) is 20.0. The van der Waals surface area contributed by atoms with E-state index in [0.717, 1.165) is 26.2 Å². The lowest BCUT2D eigenvalue weighted by atomic mass is 10.2. The van der Waals surface area contributed by atoms with Gasteiger partial charge in [0.1, 0.15) is 0 Å². The third-order valence-corrected chi connectivity index (χ3v) is 2.52. The van der Waals surface area contributed by atoms with Crippen LogP contribution in [0.25, 0.3) is 0 Å². The first kappa shape index (κ1) is 11.3. The first-order valence-corrected chi connectivity index (χ1v) is 4.97. The molecule has 1 N–H and O–H groups in total. The van der Waals surface area contributed by atoms with Gasteiger partial charge in [0.25, 0.3) is 0 Å². The molecule has 0 aromatic carbocycles. The van der Waals surface area contributed by atoms with Gasteiger partial charge in [-0.25, -0.2) is 10.3 Å². The van der Waals surface area contributed by atoms with Crippen LogP contribution < -0.4 is 5.48 Å². The van der Waals surface area contributed by atoms with Gasteiger partial charge in [0.15, 0.2) is 0 Å². The van der Waals surface area contributed by atoms with Gasteiger partial charge in [-0.15, -0.1) is 0 Å². The fourth-order valence-electron chi connectivity index (χ4n) is 1.59. The summed E-state index contributed by atoms with van der Waals surface area (Å²) in [6.45, 7) is 7.76. The van der Waals surface area contributed by atoms with Gasteiger partial charge in [-0.3, -0.25) is 9.74 Å². The van der Waals surface area contributed by atoms with Crippen molar-refractivity contribution < 1.29 is 9.63 Å². The average molecular weight is 201 g/mol. The molecule has 0 aromatic heterocycles. The Balaban J connectivity index is 2.31. The first-order valence-electron chi connectivity index (χ1n) is 4.97. The average Bonchev–Trinajstić information content (AvgIpc) is 2.18. The van der Waals surface area contributed by atoms with Crippen LogP contribution >= 0.6 is 0 Å². The first-order chi connectivity index (χ1) is 6.65. The van der Waals surface area contributed by atoms with Crippen LogP contribution in [0, 0.1) is 0 Å². The second kappa shape index (κ2) is 5.17. The second-order valence-corrected chi connectivity index (χ2v) is 3.73. The second-order valence-electron chi connectivity index (χ2n) is 3.73. The lowest BCUT2D eigenvalue weighted by molar-refractivity contribution is 0.0674. The van der Waals surface area contributed by atoms with Crippen molar-refractivity contribution in [2.45, 2.75) is 19.9 Å². The maximum atomic E-state index is 11.3. The standard InChI is InChI=1S/C9H19N3O2/c1-8(2)11-4-6-12(7-5-11)9(13)10-14-3/h8H,4-7H2,1-3H3,(H,10,13). The van der Waals surface area contributed by atoms with E-state index in [1.807, 2.05) is 0 Å². The predicted octanol–water partition coefficient (Wildman–Crippen LogP) is 0.283. The molecule has 0 radical (unpaired) electrons. The molecule has 1 aliphatic rings. The van der Waals surface area contributed by atoms with Crippen molar-refractivity contribution in [3.63, 3.8) is 0 Å². The molecule has 0 bridgehead atoms. The minimum Gasteiger partial charge on any atom is -0.320 e. The number of carbonyl (C=O) groups excluding carboxylic acids is 1. The van der Waals surface area contributed by atoms with Gasteiger partial charge in [-0.2, -0.15) is 0 Å². The van der Waals surface area contributed by atoms with E-state index in [1.54, 1.807) is 4.90 Å². The Labute approximate surface area is 85.0 Å². The third-order valence-electron chi connectivity index (χ3n) is 2.52. The number of hydroxylamine groups is 1. The number of piperazine rings is 1. The number of hydrogen-bond donors (Lipinski definition) is 1.